The van der Waals surface area contributed by atoms with Crippen molar-refractivity contribution in [1.82, 2.24) is 19.5 Å². The van der Waals surface area contributed by atoms with Crippen molar-refractivity contribution in [2.24, 2.45) is 10.2 Å². The lowest BCUT2D eigenvalue weighted by Crippen LogP contribution is -2.32. The maximum atomic E-state index is 9.40. The number of fused-ring (bicyclic) bond motifs is 1. The van der Waals surface area contributed by atoms with Gasteiger partial charge in [-0.05, 0) is 11.1 Å². The van der Waals surface area contributed by atoms with E-state index in [1.54, 1.807) is 4.57 Å². The number of nitrogens with two attached hydrogens (primary N) is 1. The second-order valence-corrected chi connectivity index (χ2v) is 5.11. The summed E-state index contributed by atoms with van der Waals surface area (Å²) in [7, 11) is 0. The van der Waals surface area contributed by atoms with Gasteiger partial charge in [-0.25, -0.2) is 15.0 Å². The fourth-order valence-electron chi connectivity index (χ4n) is 2.76. The van der Waals surface area contributed by atoms with E-state index in [-0.39, 0.29) is 19.0 Å². The summed E-state index contributed by atoms with van der Waals surface area (Å²) in [4.78, 5) is 17.7. The van der Waals surface area contributed by atoms with Crippen LogP contribution in [0.1, 0.15) is 0 Å². The monoisotopic (exact) mass is 331 g/mol. The van der Waals surface area contributed by atoms with E-state index in [9.17, 15) is 5.11 Å². The van der Waals surface area contributed by atoms with Crippen LogP contribution in [0.5, 0.6) is 0 Å². The molecule has 0 aliphatic carbocycles. The molecule has 3 heterocycles. The molecule has 1 saturated heterocycles. The topological polar surface area (TPSA) is 197 Å². The van der Waals surface area contributed by atoms with Crippen LogP contribution in [0.4, 0.5) is 5.82 Å². The summed E-state index contributed by atoms with van der Waals surface area (Å²) in [5, 5.41) is 16.7. The van der Waals surface area contributed by atoms with Crippen LogP contribution in [0.25, 0.3) is 32.0 Å². The van der Waals surface area contributed by atoms with Crippen LogP contribution in [0.2, 0.25) is 0 Å². The van der Waals surface area contributed by atoms with Crippen molar-refractivity contribution in [3.8, 4) is 0 Å². The fourth-order valence-corrected chi connectivity index (χ4v) is 2.76. The van der Waals surface area contributed by atoms with Gasteiger partial charge in [0.1, 0.15) is 11.8 Å². The first kappa shape index (κ1) is 15.8. The Kier molecular flexibility index (Phi) is 4.31. The lowest BCUT2D eigenvalue weighted by atomic mass is 10.0. The molecule has 0 radical (unpaired) electrons. The normalized spacial score (nSPS) is 26.0. The number of ether oxygens (including phenoxy) is 1. The summed E-state index contributed by atoms with van der Waals surface area (Å²) >= 11 is 0. The maximum Gasteiger partial charge on any atom is 0.165 e. The molecule has 0 bridgehead atoms. The van der Waals surface area contributed by atoms with Crippen LogP contribution >= 0.6 is 0 Å². The quantitative estimate of drug-likeness (QED) is 0.454. The van der Waals surface area contributed by atoms with Crippen molar-refractivity contribution in [3.05, 3.63) is 33.5 Å². The summed E-state index contributed by atoms with van der Waals surface area (Å²) < 4.78 is 7.36. The molecule has 13 nitrogen and oxygen atoms in total. The third-order valence-electron chi connectivity index (χ3n) is 3.82. The summed E-state index contributed by atoms with van der Waals surface area (Å²) in [6.45, 7) is -0.137. The number of hydrogen-bond donors (Lipinski definition) is 2. The highest BCUT2D eigenvalue weighted by atomic mass is 16.5. The van der Waals surface area contributed by atoms with Crippen LogP contribution in [0, 0.1) is 0 Å². The van der Waals surface area contributed by atoms with Crippen LogP contribution in [0.3, 0.4) is 0 Å². The molecule has 13 heteroatoms. The van der Waals surface area contributed by atoms with Gasteiger partial charge in [-0.15, -0.1) is 0 Å². The Bertz CT molecular complexity index is 838. The highest BCUT2D eigenvalue weighted by Gasteiger charge is 2.43. The first-order chi connectivity index (χ1) is 11.7. The average molecular weight is 331 g/mol. The van der Waals surface area contributed by atoms with E-state index >= 15 is 0 Å². The van der Waals surface area contributed by atoms with Gasteiger partial charge in [-0.3, -0.25) is 0 Å². The lowest BCUT2D eigenvalue weighted by molar-refractivity contribution is 0.0000887. The minimum atomic E-state index is -0.796. The van der Waals surface area contributed by atoms with Crippen molar-refractivity contribution in [3.63, 3.8) is 0 Å². The molecule has 1 aliphatic heterocycles. The van der Waals surface area contributed by atoms with Gasteiger partial charge in [0, 0.05) is 9.82 Å². The first-order valence-electron chi connectivity index (χ1n) is 6.95. The zero-order valence-corrected chi connectivity index (χ0v) is 12.3. The Labute approximate surface area is 134 Å². The maximum absolute atomic E-state index is 9.40. The van der Waals surface area contributed by atoms with E-state index in [0.29, 0.717) is 11.2 Å². The predicted molar refractivity (Wildman–Crippen MR) is 81.4 cm³/mol. The van der Waals surface area contributed by atoms with Crippen molar-refractivity contribution in [2.75, 3.05) is 12.3 Å². The molecule has 24 heavy (non-hydrogen) atoms. The zero-order chi connectivity index (χ0) is 17.1. The molecule has 0 amide bonds. The molecular formula is C11H13N11O2. The van der Waals surface area contributed by atoms with E-state index in [0.717, 1.165) is 0 Å². The SMILES string of the molecule is [N-]=[N+]=N[C@@H]1[C@@H](N=[N+]=[N-])[C@@H](Cn2cnc3c(N)ncnc32)O[C@H]1CO. The van der Waals surface area contributed by atoms with Gasteiger partial charge in [0.25, 0.3) is 0 Å². The summed E-state index contributed by atoms with van der Waals surface area (Å²) in [5.41, 5.74) is 24.1. The second kappa shape index (κ2) is 6.56. The Hall–Kier alpha value is -3.11. The molecule has 3 rings (SSSR count). The van der Waals surface area contributed by atoms with E-state index in [1.165, 1.54) is 12.7 Å². The molecule has 4 atom stereocenters. The molecule has 124 valence electrons. The number of nitrogens with zero attached hydrogens (tertiary/aromatic N) is 10. The Morgan fingerprint density at radius 1 is 1.21 bits per heavy atom. The van der Waals surface area contributed by atoms with E-state index < -0.39 is 24.3 Å². The Morgan fingerprint density at radius 3 is 2.58 bits per heavy atom. The number of hydrogen-bond acceptors (Lipinski definition) is 8. The summed E-state index contributed by atoms with van der Waals surface area (Å²) in [5.74, 6) is 0.248. The number of rotatable bonds is 5. The third kappa shape index (κ3) is 2.64. The molecule has 0 unspecified atom stereocenters. The highest BCUT2D eigenvalue weighted by molar-refractivity contribution is 5.81. The number of nitrogen functional groups attached to an aromatic ring is 1. The average Bonchev–Trinajstić information content (AvgIpc) is 3.13. The highest BCUT2D eigenvalue weighted by Crippen LogP contribution is 2.29. The largest absolute Gasteiger partial charge is 0.394 e. The second-order valence-electron chi connectivity index (χ2n) is 5.11. The number of azide groups is 2. The minimum absolute atomic E-state index is 0.227. The number of aliphatic hydroxyl groups excluding tert-OH is 1. The van der Waals surface area contributed by atoms with Gasteiger partial charge in [-0.2, -0.15) is 0 Å². The van der Waals surface area contributed by atoms with Crippen LogP contribution in [-0.2, 0) is 11.3 Å². The molecule has 2 aromatic heterocycles. The smallest absolute Gasteiger partial charge is 0.165 e. The fraction of sp³-hybridized carbons (Fsp3) is 0.545. The molecule has 1 aliphatic rings. The molecule has 1 fully saturated rings. The number of anilines is 1. The molecular weight excluding hydrogens is 318 g/mol. The van der Waals surface area contributed by atoms with Gasteiger partial charge < -0.3 is 20.1 Å². The predicted octanol–water partition coefficient (Wildman–Crippen LogP) is 0.526. The van der Waals surface area contributed by atoms with E-state index in [1.807, 2.05) is 0 Å². The first-order valence-corrected chi connectivity index (χ1v) is 6.95. The summed E-state index contributed by atoms with van der Waals surface area (Å²) in [6, 6.07) is -1.56. The molecule has 3 N–H and O–H groups in total. The standard InChI is InChI=1S/C11H13N11O2/c12-10-9-11(16-3-15-10)22(4-17-9)1-5-7(18-20-13)8(19-21-14)6(2-23)24-5/h3-8,23H,1-2H2,(H2,12,15,16)/t5-,6+,7+,8+/m1/s1. The van der Waals surface area contributed by atoms with Crippen LogP contribution in [0.15, 0.2) is 22.9 Å². The zero-order valence-electron chi connectivity index (χ0n) is 12.3. The Balaban J connectivity index is 1.93. The number of imidazole rings is 1. The molecule has 0 spiro atoms. The van der Waals surface area contributed by atoms with Gasteiger partial charge >= 0.3 is 0 Å². The lowest BCUT2D eigenvalue weighted by Gasteiger charge is -2.16. The van der Waals surface area contributed by atoms with E-state index in [2.05, 4.69) is 35.0 Å². The minimum Gasteiger partial charge on any atom is -0.394 e. The van der Waals surface area contributed by atoms with Crippen molar-refractivity contribution >= 4 is 17.0 Å². The molecule has 2 aromatic rings. The molecule has 0 aromatic carbocycles. The van der Waals surface area contributed by atoms with Crippen molar-refractivity contribution < 1.29 is 9.84 Å². The van der Waals surface area contributed by atoms with Crippen LogP contribution < -0.4 is 5.73 Å². The van der Waals surface area contributed by atoms with Gasteiger partial charge in [-0.1, -0.05) is 10.2 Å². The van der Waals surface area contributed by atoms with Gasteiger partial charge in [0.15, 0.2) is 11.5 Å². The number of aromatic nitrogens is 4. The summed E-state index contributed by atoms with van der Waals surface area (Å²) in [6.07, 6.45) is 1.45. The Morgan fingerprint density at radius 2 is 1.92 bits per heavy atom. The van der Waals surface area contributed by atoms with Crippen molar-refractivity contribution in [2.45, 2.75) is 30.8 Å². The number of aliphatic hydroxyl groups is 1. The van der Waals surface area contributed by atoms with Gasteiger partial charge in [0.2, 0.25) is 0 Å². The third-order valence-corrected chi connectivity index (χ3v) is 3.82. The van der Waals surface area contributed by atoms with E-state index in [4.69, 9.17) is 21.5 Å². The molecule has 0 saturated carbocycles. The van der Waals surface area contributed by atoms with Gasteiger partial charge in [0.05, 0.1) is 43.8 Å². The van der Waals surface area contributed by atoms with Crippen molar-refractivity contribution in [1.29, 1.82) is 0 Å². The van der Waals surface area contributed by atoms with Crippen LogP contribution in [-0.4, -0.2) is 55.5 Å².